The Morgan fingerprint density at radius 1 is 1.17 bits per heavy atom. The maximum Gasteiger partial charge on any atom is 0.305 e. The molecule has 1 fully saturated rings. The van der Waals surface area contributed by atoms with Gasteiger partial charge >= 0.3 is 5.97 Å². The van der Waals surface area contributed by atoms with Crippen molar-refractivity contribution in [2.45, 2.75) is 104 Å². The summed E-state index contributed by atoms with van der Waals surface area (Å²) in [5, 5.41) is 13.8. The van der Waals surface area contributed by atoms with Crippen molar-refractivity contribution >= 4 is 17.6 Å². The summed E-state index contributed by atoms with van der Waals surface area (Å²) >= 11 is 6.83. The Morgan fingerprint density at radius 2 is 1.80 bits per heavy atom. The molecule has 35 heavy (non-hydrogen) atoms. The summed E-state index contributed by atoms with van der Waals surface area (Å²) in [5.74, 6) is -0.488. The number of benzene rings is 1. The molecule has 2 N–H and O–H groups in total. The third-order valence-corrected chi connectivity index (χ3v) is 7.74. The van der Waals surface area contributed by atoms with E-state index in [1.807, 2.05) is 0 Å². The Kier molecular flexibility index (Phi) is 8.06. The summed E-state index contributed by atoms with van der Waals surface area (Å²) in [6.07, 6.45) is 6.18. The average Bonchev–Trinajstić information content (AvgIpc) is 2.69. The van der Waals surface area contributed by atoms with Crippen molar-refractivity contribution in [1.29, 1.82) is 0 Å². The van der Waals surface area contributed by atoms with Crippen LogP contribution in [-0.4, -0.2) is 40.4 Å². The Hall–Kier alpha value is -1.56. The first-order valence-corrected chi connectivity index (χ1v) is 13.3. The molecule has 5 nitrogen and oxygen atoms in total. The number of rotatable bonds is 7. The number of ether oxygens (including phenoxy) is 1. The molecule has 196 valence electrons. The van der Waals surface area contributed by atoms with Crippen molar-refractivity contribution in [2.24, 2.45) is 11.3 Å². The molecular formula is C29H45ClN2O3. The maximum absolute atomic E-state index is 11.2. The van der Waals surface area contributed by atoms with E-state index in [2.05, 4.69) is 90.0 Å². The molecule has 2 aliphatic rings. The normalized spacial score (nSPS) is 24.8. The van der Waals surface area contributed by atoms with Crippen LogP contribution < -0.4 is 5.32 Å². The summed E-state index contributed by atoms with van der Waals surface area (Å²) in [7, 11) is 0. The minimum Gasteiger partial charge on any atom is -0.481 e. The van der Waals surface area contributed by atoms with E-state index in [4.69, 9.17) is 16.3 Å². The predicted octanol–water partition coefficient (Wildman–Crippen LogP) is 6.74. The van der Waals surface area contributed by atoms with Gasteiger partial charge in [0.25, 0.3) is 0 Å². The van der Waals surface area contributed by atoms with E-state index in [0.717, 1.165) is 36.3 Å². The molecule has 1 saturated heterocycles. The van der Waals surface area contributed by atoms with Gasteiger partial charge < -0.3 is 14.7 Å². The first-order chi connectivity index (χ1) is 16.0. The van der Waals surface area contributed by atoms with E-state index in [-0.39, 0.29) is 23.0 Å². The number of nitrogens with zero attached hydrogens (tertiary/aromatic N) is 1. The van der Waals surface area contributed by atoms with Crippen molar-refractivity contribution in [1.82, 2.24) is 10.2 Å². The molecule has 0 bridgehead atoms. The van der Waals surface area contributed by atoms with Gasteiger partial charge in [0.15, 0.2) is 0 Å². The topological polar surface area (TPSA) is 61.8 Å². The van der Waals surface area contributed by atoms with Crippen LogP contribution in [0.3, 0.4) is 0 Å². The zero-order chi connectivity index (χ0) is 26.2. The highest BCUT2D eigenvalue weighted by Gasteiger charge is 2.46. The van der Waals surface area contributed by atoms with Crippen LogP contribution >= 0.6 is 11.6 Å². The number of nitrogens with one attached hydrogen (secondary N) is 1. The maximum atomic E-state index is 11.2. The minimum absolute atomic E-state index is 0.112. The van der Waals surface area contributed by atoms with Gasteiger partial charge in [-0.2, -0.15) is 0 Å². The monoisotopic (exact) mass is 504 g/mol. The third kappa shape index (κ3) is 7.24. The first kappa shape index (κ1) is 28.0. The number of hydrogen-bond acceptors (Lipinski definition) is 4. The molecule has 0 aliphatic carbocycles. The SMILES string of the molecule is CC(C)(C)CCc1ccc([C@]2(C)NCN(CCC(=O)O)C=C2C2CC(C)(C)OC(C)(C)C2)cc1Cl. The highest BCUT2D eigenvalue weighted by molar-refractivity contribution is 6.31. The van der Waals surface area contributed by atoms with Crippen molar-refractivity contribution in [3.63, 3.8) is 0 Å². The van der Waals surface area contributed by atoms with E-state index < -0.39 is 11.5 Å². The molecule has 1 atom stereocenters. The van der Waals surface area contributed by atoms with Gasteiger partial charge in [-0.25, -0.2) is 0 Å². The van der Waals surface area contributed by atoms with Crippen molar-refractivity contribution in [2.75, 3.05) is 13.2 Å². The zero-order valence-corrected chi connectivity index (χ0v) is 23.7. The molecule has 0 radical (unpaired) electrons. The smallest absolute Gasteiger partial charge is 0.305 e. The Balaban J connectivity index is 1.98. The second kappa shape index (κ2) is 10.1. The van der Waals surface area contributed by atoms with Gasteiger partial charge in [0.1, 0.15) is 0 Å². The fourth-order valence-corrected chi connectivity index (χ4v) is 6.05. The standard InChI is InChI=1S/C29H45ClN2O3/c1-26(2,3)13-11-20-9-10-22(15-24(20)30)29(8)23(18-32(19-31-29)14-12-25(33)34)21-16-27(4,5)35-28(6,7)17-21/h9-10,15,18,21,31H,11-14,16-17,19H2,1-8H3,(H,33,34)/t29-/m0/s1. The zero-order valence-electron chi connectivity index (χ0n) is 22.9. The second-order valence-corrected chi connectivity index (χ2v) is 13.5. The fraction of sp³-hybridized carbons (Fsp3) is 0.690. The summed E-state index contributed by atoms with van der Waals surface area (Å²) in [5.41, 5.74) is 2.98. The van der Waals surface area contributed by atoms with Crippen LogP contribution in [0.4, 0.5) is 0 Å². The molecule has 1 aromatic rings. The highest BCUT2D eigenvalue weighted by atomic mass is 35.5. The van der Waals surface area contributed by atoms with Crippen LogP contribution in [0.1, 0.15) is 92.2 Å². The molecule has 3 rings (SSSR count). The second-order valence-electron chi connectivity index (χ2n) is 13.1. The molecule has 2 aliphatic heterocycles. The van der Waals surface area contributed by atoms with Crippen molar-refractivity contribution in [3.05, 3.63) is 46.1 Å². The third-order valence-electron chi connectivity index (χ3n) is 7.39. The van der Waals surface area contributed by atoms with Crippen LogP contribution in [0, 0.1) is 11.3 Å². The number of aliphatic carboxylic acids is 1. The van der Waals surface area contributed by atoms with Crippen LogP contribution in [0.5, 0.6) is 0 Å². The lowest BCUT2D eigenvalue weighted by atomic mass is 9.69. The molecule has 0 saturated carbocycles. The Bertz CT molecular complexity index is 947. The number of carboxylic acids is 1. The largest absolute Gasteiger partial charge is 0.481 e. The van der Waals surface area contributed by atoms with Crippen LogP contribution in [0.2, 0.25) is 5.02 Å². The molecule has 6 heteroatoms. The average molecular weight is 505 g/mol. The van der Waals surface area contributed by atoms with E-state index in [1.54, 1.807) is 0 Å². The molecule has 0 unspecified atom stereocenters. The van der Waals surface area contributed by atoms with Gasteiger partial charge in [0.05, 0.1) is 29.8 Å². The number of halogens is 1. The fourth-order valence-electron chi connectivity index (χ4n) is 5.78. The molecule has 0 aromatic heterocycles. The summed E-state index contributed by atoms with van der Waals surface area (Å²) in [4.78, 5) is 13.3. The van der Waals surface area contributed by atoms with Gasteiger partial charge in [-0.3, -0.25) is 10.1 Å². The molecule has 0 amide bonds. The summed E-state index contributed by atoms with van der Waals surface area (Å²) in [6.45, 7) is 18.7. The lowest BCUT2D eigenvalue weighted by Gasteiger charge is -2.51. The molecule has 1 aromatic carbocycles. The highest BCUT2D eigenvalue weighted by Crippen LogP contribution is 2.47. The van der Waals surface area contributed by atoms with Gasteiger partial charge in [-0.15, -0.1) is 0 Å². The van der Waals surface area contributed by atoms with Gasteiger partial charge in [-0.1, -0.05) is 44.5 Å². The van der Waals surface area contributed by atoms with Crippen molar-refractivity contribution < 1.29 is 14.6 Å². The quantitative estimate of drug-likeness (QED) is 0.430. The van der Waals surface area contributed by atoms with Gasteiger partial charge in [-0.05, 0) is 94.4 Å². The number of aryl methyl sites for hydroxylation is 1. The molecular weight excluding hydrogens is 460 g/mol. The first-order valence-electron chi connectivity index (χ1n) is 12.9. The van der Waals surface area contributed by atoms with Gasteiger partial charge in [0, 0.05) is 17.8 Å². The minimum atomic E-state index is -0.778. The van der Waals surface area contributed by atoms with Crippen LogP contribution in [-0.2, 0) is 21.5 Å². The van der Waals surface area contributed by atoms with E-state index in [9.17, 15) is 9.90 Å². The van der Waals surface area contributed by atoms with E-state index >= 15 is 0 Å². The Labute approximate surface area is 217 Å². The van der Waals surface area contributed by atoms with Crippen LogP contribution in [0.15, 0.2) is 30.0 Å². The van der Waals surface area contributed by atoms with Gasteiger partial charge in [0.2, 0.25) is 0 Å². The number of hydrogen-bond donors (Lipinski definition) is 2. The van der Waals surface area contributed by atoms with E-state index in [1.165, 1.54) is 11.1 Å². The van der Waals surface area contributed by atoms with Crippen LogP contribution in [0.25, 0.3) is 0 Å². The summed E-state index contributed by atoms with van der Waals surface area (Å²) in [6, 6.07) is 6.53. The lowest BCUT2D eigenvalue weighted by Crippen LogP contribution is -2.55. The van der Waals surface area contributed by atoms with Crippen molar-refractivity contribution in [3.8, 4) is 0 Å². The predicted molar refractivity (Wildman–Crippen MR) is 144 cm³/mol. The van der Waals surface area contributed by atoms with E-state index in [0.29, 0.717) is 19.1 Å². The number of carboxylic acid groups (broad SMARTS) is 1. The molecule has 2 heterocycles. The Morgan fingerprint density at radius 3 is 2.34 bits per heavy atom. The summed E-state index contributed by atoms with van der Waals surface area (Å²) < 4.78 is 6.39. The lowest BCUT2D eigenvalue weighted by molar-refractivity contribution is -0.169. The number of carbonyl (C=O) groups is 1. The molecule has 0 spiro atoms.